The number of hydrogen-bond donors (Lipinski definition) is 1. The Balaban J connectivity index is 2.77. The molecule has 0 heterocycles. The molecule has 0 unspecified atom stereocenters. The summed E-state index contributed by atoms with van der Waals surface area (Å²) >= 11 is 0. The standard InChI is InChI=1S/C13H22N2O2S/c1-4-5-6-11-15(3)18(16,17)13-9-7-12(14-2)8-10-13/h7-10,14H,4-6,11H2,1-3H3. The summed E-state index contributed by atoms with van der Waals surface area (Å²) in [6, 6.07) is 6.81. The molecular weight excluding hydrogens is 248 g/mol. The number of hydrogen-bond acceptors (Lipinski definition) is 3. The maximum absolute atomic E-state index is 12.2. The van der Waals surface area contributed by atoms with Gasteiger partial charge in [0.1, 0.15) is 0 Å². The van der Waals surface area contributed by atoms with E-state index in [1.54, 1.807) is 38.4 Å². The second-order valence-corrected chi connectivity index (χ2v) is 6.35. The highest BCUT2D eigenvalue weighted by Gasteiger charge is 2.19. The van der Waals surface area contributed by atoms with Crippen LogP contribution < -0.4 is 5.32 Å². The molecule has 0 aliphatic rings. The van der Waals surface area contributed by atoms with Crippen LogP contribution in [0.15, 0.2) is 29.2 Å². The van der Waals surface area contributed by atoms with Crippen molar-refractivity contribution in [3.05, 3.63) is 24.3 Å². The van der Waals surface area contributed by atoms with Crippen molar-refractivity contribution >= 4 is 15.7 Å². The van der Waals surface area contributed by atoms with Crippen molar-refractivity contribution < 1.29 is 8.42 Å². The zero-order chi connectivity index (χ0) is 13.6. The summed E-state index contributed by atoms with van der Waals surface area (Å²) < 4.78 is 25.9. The van der Waals surface area contributed by atoms with E-state index in [1.165, 1.54) is 4.31 Å². The Labute approximate surface area is 110 Å². The van der Waals surface area contributed by atoms with Crippen molar-refractivity contribution in [1.29, 1.82) is 0 Å². The van der Waals surface area contributed by atoms with Gasteiger partial charge in [0.2, 0.25) is 10.0 Å². The molecule has 1 N–H and O–H groups in total. The average Bonchev–Trinajstić information content (AvgIpc) is 2.39. The number of benzene rings is 1. The van der Waals surface area contributed by atoms with Crippen molar-refractivity contribution in [2.75, 3.05) is 26.0 Å². The van der Waals surface area contributed by atoms with E-state index in [-0.39, 0.29) is 0 Å². The first-order valence-electron chi connectivity index (χ1n) is 6.26. The minimum Gasteiger partial charge on any atom is -0.388 e. The molecule has 0 atom stereocenters. The smallest absolute Gasteiger partial charge is 0.242 e. The summed E-state index contributed by atoms with van der Waals surface area (Å²) in [5.74, 6) is 0. The fraction of sp³-hybridized carbons (Fsp3) is 0.538. The van der Waals surface area contributed by atoms with Crippen LogP contribution in [0, 0.1) is 0 Å². The van der Waals surface area contributed by atoms with E-state index in [0.717, 1.165) is 24.9 Å². The molecule has 1 aromatic rings. The molecule has 0 bridgehead atoms. The average molecular weight is 270 g/mol. The van der Waals surface area contributed by atoms with E-state index in [0.29, 0.717) is 11.4 Å². The number of anilines is 1. The molecule has 1 aromatic carbocycles. The van der Waals surface area contributed by atoms with Crippen LogP contribution in [0.1, 0.15) is 26.2 Å². The van der Waals surface area contributed by atoms with Crippen LogP contribution in [0.5, 0.6) is 0 Å². The second-order valence-electron chi connectivity index (χ2n) is 4.31. The predicted octanol–water partition coefficient (Wildman–Crippen LogP) is 2.54. The normalized spacial score (nSPS) is 11.8. The Morgan fingerprint density at radius 2 is 1.78 bits per heavy atom. The van der Waals surface area contributed by atoms with Crippen LogP contribution in [0.2, 0.25) is 0 Å². The van der Waals surface area contributed by atoms with Crippen molar-refractivity contribution in [2.45, 2.75) is 31.1 Å². The van der Waals surface area contributed by atoms with Gasteiger partial charge < -0.3 is 5.32 Å². The summed E-state index contributed by atoms with van der Waals surface area (Å²) in [5.41, 5.74) is 0.905. The minimum absolute atomic E-state index is 0.348. The van der Waals surface area contributed by atoms with Gasteiger partial charge in [0.25, 0.3) is 0 Å². The highest BCUT2D eigenvalue weighted by atomic mass is 32.2. The Kier molecular flexibility index (Phi) is 5.62. The van der Waals surface area contributed by atoms with E-state index in [1.807, 2.05) is 0 Å². The molecule has 18 heavy (non-hydrogen) atoms. The molecule has 0 amide bonds. The van der Waals surface area contributed by atoms with E-state index in [9.17, 15) is 8.42 Å². The summed E-state index contributed by atoms with van der Waals surface area (Å²) in [4.78, 5) is 0.348. The summed E-state index contributed by atoms with van der Waals surface area (Å²) in [6.45, 7) is 2.68. The van der Waals surface area contributed by atoms with Crippen LogP contribution in [0.3, 0.4) is 0 Å². The highest BCUT2D eigenvalue weighted by Crippen LogP contribution is 2.17. The SMILES string of the molecule is CCCCCN(C)S(=O)(=O)c1ccc(NC)cc1. The van der Waals surface area contributed by atoms with Crippen molar-refractivity contribution in [3.63, 3.8) is 0 Å². The molecule has 4 nitrogen and oxygen atoms in total. The first-order valence-corrected chi connectivity index (χ1v) is 7.70. The van der Waals surface area contributed by atoms with E-state index in [4.69, 9.17) is 0 Å². The highest BCUT2D eigenvalue weighted by molar-refractivity contribution is 7.89. The lowest BCUT2D eigenvalue weighted by molar-refractivity contribution is 0.454. The first kappa shape index (κ1) is 15.0. The monoisotopic (exact) mass is 270 g/mol. The second kappa shape index (κ2) is 6.75. The molecular formula is C13H22N2O2S. The van der Waals surface area contributed by atoms with Crippen LogP contribution in [0.4, 0.5) is 5.69 Å². The lowest BCUT2D eigenvalue weighted by atomic mass is 10.2. The predicted molar refractivity (Wildman–Crippen MR) is 75.3 cm³/mol. The molecule has 1 rings (SSSR count). The number of rotatable bonds is 7. The lowest BCUT2D eigenvalue weighted by Gasteiger charge is -2.17. The topological polar surface area (TPSA) is 49.4 Å². The van der Waals surface area contributed by atoms with Gasteiger partial charge in [0.15, 0.2) is 0 Å². The van der Waals surface area contributed by atoms with Crippen LogP contribution in [0.25, 0.3) is 0 Å². The fourth-order valence-electron chi connectivity index (χ4n) is 1.68. The molecule has 0 aliphatic carbocycles. The van der Waals surface area contributed by atoms with Gasteiger partial charge in [0, 0.05) is 26.3 Å². The van der Waals surface area contributed by atoms with Gasteiger partial charge in [-0.2, -0.15) is 0 Å². The van der Waals surface area contributed by atoms with Gasteiger partial charge >= 0.3 is 0 Å². The number of nitrogens with one attached hydrogen (secondary N) is 1. The Morgan fingerprint density at radius 3 is 2.28 bits per heavy atom. The van der Waals surface area contributed by atoms with Gasteiger partial charge in [-0.25, -0.2) is 12.7 Å². The van der Waals surface area contributed by atoms with E-state index >= 15 is 0 Å². The number of unbranched alkanes of at least 4 members (excludes halogenated alkanes) is 2. The summed E-state index contributed by atoms with van der Waals surface area (Å²) in [5, 5.41) is 2.97. The molecule has 5 heteroatoms. The fourth-order valence-corrected chi connectivity index (χ4v) is 2.89. The van der Waals surface area contributed by atoms with Crippen molar-refractivity contribution in [2.24, 2.45) is 0 Å². The zero-order valence-corrected chi connectivity index (χ0v) is 12.1. The van der Waals surface area contributed by atoms with Crippen molar-refractivity contribution in [1.82, 2.24) is 4.31 Å². The van der Waals surface area contributed by atoms with Crippen LogP contribution in [-0.4, -0.2) is 33.4 Å². The quantitative estimate of drug-likeness (QED) is 0.775. The molecule has 0 aromatic heterocycles. The number of nitrogens with zero attached hydrogens (tertiary/aromatic N) is 1. The van der Waals surface area contributed by atoms with Gasteiger partial charge in [-0.3, -0.25) is 0 Å². The summed E-state index contributed by atoms with van der Waals surface area (Å²) in [6.07, 6.45) is 3.05. The van der Waals surface area contributed by atoms with E-state index in [2.05, 4.69) is 12.2 Å². The largest absolute Gasteiger partial charge is 0.388 e. The lowest BCUT2D eigenvalue weighted by Crippen LogP contribution is -2.27. The van der Waals surface area contributed by atoms with Gasteiger partial charge in [-0.15, -0.1) is 0 Å². The van der Waals surface area contributed by atoms with Gasteiger partial charge in [-0.05, 0) is 30.7 Å². The maximum Gasteiger partial charge on any atom is 0.242 e. The zero-order valence-electron chi connectivity index (χ0n) is 11.3. The Hall–Kier alpha value is -1.07. The third-order valence-electron chi connectivity index (χ3n) is 2.93. The molecule has 0 saturated heterocycles. The molecule has 0 aliphatic heterocycles. The molecule has 0 spiro atoms. The Morgan fingerprint density at radius 1 is 1.17 bits per heavy atom. The number of sulfonamides is 1. The molecule has 102 valence electrons. The van der Waals surface area contributed by atoms with E-state index < -0.39 is 10.0 Å². The third-order valence-corrected chi connectivity index (χ3v) is 4.80. The maximum atomic E-state index is 12.2. The first-order chi connectivity index (χ1) is 8.52. The van der Waals surface area contributed by atoms with Crippen molar-refractivity contribution in [3.8, 4) is 0 Å². The van der Waals surface area contributed by atoms with Gasteiger partial charge in [-0.1, -0.05) is 19.8 Å². The van der Waals surface area contributed by atoms with Gasteiger partial charge in [0.05, 0.1) is 4.90 Å². The molecule has 0 saturated carbocycles. The molecule has 0 fully saturated rings. The third kappa shape index (κ3) is 3.71. The van der Waals surface area contributed by atoms with Crippen LogP contribution >= 0.6 is 0 Å². The van der Waals surface area contributed by atoms with Crippen LogP contribution in [-0.2, 0) is 10.0 Å². The summed E-state index contributed by atoms with van der Waals surface area (Å²) in [7, 11) is 0.103. The molecule has 0 radical (unpaired) electrons. The minimum atomic E-state index is -3.34. The Bertz CT molecular complexity index is 454.